The van der Waals surface area contributed by atoms with Crippen LogP contribution in [0.5, 0.6) is 0 Å². The normalized spacial score (nSPS) is 10.6. The Hall–Kier alpha value is -1.36. The maximum Gasteiger partial charge on any atom is 0.139 e. The predicted octanol–water partition coefficient (Wildman–Crippen LogP) is 2.66. The molecule has 0 saturated carbocycles. The number of anilines is 1. The third-order valence-electron chi connectivity index (χ3n) is 2.15. The molecular weight excluding hydrogens is 261 g/mol. The van der Waals surface area contributed by atoms with E-state index < -0.39 is 0 Å². The van der Waals surface area contributed by atoms with Gasteiger partial charge in [-0.15, -0.1) is 0 Å². The maximum atomic E-state index is 13.1. The lowest BCUT2D eigenvalue weighted by molar-refractivity contribution is 0.621. The Kier molecular flexibility index (Phi) is 2.48. The molecule has 0 spiro atoms. The molecule has 1 heterocycles. The van der Waals surface area contributed by atoms with Crippen molar-refractivity contribution in [1.82, 2.24) is 9.55 Å². The molecule has 0 aliphatic heterocycles. The van der Waals surface area contributed by atoms with Crippen molar-refractivity contribution in [1.29, 1.82) is 0 Å². The van der Waals surface area contributed by atoms with E-state index in [2.05, 4.69) is 20.9 Å². The van der Waals surface area contributed by atoms with E-state index in [1.54, 1.807) is 23.0 Å². The fraction of sp³-hybridized carbons (Fsp3) is 0.100. The minimum Gasteiger partial charge on any atom is -0.397 e. The van der Waals surface area contributed by atoms with E-state index in [0.717, 1.165) is 11.5 Å². The second-order valence-electron chi connectivity index (χ2n) is 3.17. The van der Waals surface area contributed by atoms with Crippen molar-refractivity contribution in [2.24, 2.45) is 0 Å². The average molecular weight is 270 g/mol. The summed E-state index contributed by atoms with van der Waals surface area (Å²) in [6.07, 6.45) is 3.46. The minimum atomic E-state index is -0.367. The fourth-order valence-corrected chi connectivity index (χ4v) is 1.72. The van der Waals surface area contributed by atoms with Crippen LogP contribution in [0.2, 0.25) is 0 Å². The van der Waals surface area contributed by atoms with Crippen LogP contribution in [-0.4, -0.2) is 9.55 Å². The molecule has 0 saturated heterocycles. The second-order valence-corrected chi connectivity index (χ2v) is 4.02. The predicted molar refractivity (Wildman–Crippen MR) is 60.4 cm³/mol. The number of nitrogen functional groups attached to an aromatic ring is 1. The molecule has 2 rings (SSSR count). The molecule has 0 unspecified atom stereocenters. The highest BCUT2D eigenvalue weighted by Gasteiger charge is 2.08. The van der Waals surface area contributed by atoms with Gasteiger partial charge in [0.15, 0.2) is 0 Å². The second kappa shape index (κ2) is 3.66. The number of hydrogen-bond acceptors (Lipinski definition) is 2. The Labute approximate surface area is 94.9 Å². The van der Waals surface area contributed by atoms with Gasteiger partial charge in [0.2, 0.25) is 0 Å². The quantitative estimate of drug-likeness (QED) is 0.809. The Balaban J connectivity index is 2.64. The molecule has 0 fully saturated rings. The molecule has 78 valence electrons. The summed E-state index contributed by atoms with van der Waals surface area (Å²) in [6, 6.07) is 2.93. The number of rotatable bonds is 1. The van der Waals surface area contributed by atoms with Gasteiger partial charge < -0.3 is 10.3 Å². The van der Waals surface area contributed by atoms with Crippen LogP contribution >= 0.6 is 15.9 Å². The van der Waals surface area contributed by atoms with Crippen molar-refractivity contribution in [3.05, 3.63) is 40.6 Å². The molecule has 2 N–H and O–H groups in total. The van der Waals surface area contributed by atoms with Crippen LogP contribution in [0.4, 0.5) is 10.1 Å². The minimum absolute atomic E-state index is 0.367. The van der Waals surface area contributed by atoms with Crippen molar-refractivity contribution in [2.75, 3.05) is 5.73 Å². The van der Waals surface area contributed by atoms with Crippen molar-refractivity contribution in [3.8, 4) is 5.69 Å². The van der Waals surface area contributed by atoms with Crippen molar-refractivity contribution < 1.29 is 4.39 Å². The highest BCUT2D eigenvalue weighted by molar-refractivity contribution is 9.10. The number of halogens is 2. The molecule has 1 aromatic carbocycles. The first-order valence-corrected chi connectivity index (χ1v) is 5.13. The van der Waals surface area contributed by atoms with Gasteiger partial charge in [-0.3, -0.25) is 0 Å². The Morgan fingerprint density at radius 2 is 2.20 bits per heavy atom. The molecule has 0 bridgehead atoms. The van der Waals surface area contributed by atoms with E-state index in [9.17, 15) is 4.39 Å². The third kappa shape index (κ3) is 1.74. The van der Waals surface area contributed by atoms with Crippen LogP contribution in [0.25, 0.3) is 5.69 Å². The maximum absolute atomic E-state index is 13.1. The number of imidazole rings is 1. The van der Waals surface area contributed by atoms with Crippen molar-refractivity contribution in [3.63, 3.8) is 0 Å². The number of aromatic nitrogens is 2. The largest absolute Gasteiger partial charge is 0.397 e. The zero-order chi connectivity index (χ0) is 11.0. The number of nitrogens with two attached hydrogens (primary N) is 1. The van der Waals surface area contributed by atoms with Gasteiger partial charge in [0.1, 0.15) is 11.6 Å². The van der Waals surface area contributed by atoms with Gasteiger partial charge in [-0.05, 0) is 28.9 Å². The van der Waals surface area contributed by atoms with Crippen LogP contribution < -0.4 is 5.73 Å². The first-order valence-electron chi connectivity index (χ1n) is 4.34. The summed E-state index contributed by atoms with van der Waals surface area (Å²) in [6.45, 7) is 1.86. The van der Waals surface area contributed by atoms with Crippen LogP contribution in [0.3, 0.4) is 0 Å². The summed E-state index contributed by atoms with van der Waals surface area (Å²) < 4.78 is 15.3. The van der Waals surface area contributed by atoms with Crippen LogP contribution in [0.15, 0.2) is 29.0 Å². The van der Waals surface area contributed by atoms with E-state index in [-0.39, 0.29) is 5.82 Å². The van der Waals surface area contributed by atoms with Crippen molar-refractivity contribution >= 4 is 21.6 Å². The standard InChI is InChI=1S/C10H9BrFN3/c1-6-14-2-3-15(6)10-4-7(11)8(12)5-9(10)13/h2-5H,13H2,1H3. The molecule has 1 aromatic heterocycles. The summed E-state index contributed by atoms with van der Waals surface area (Å²) in [4.78, 5) is 4.08. The number of nitrogens with zero attached hydrogens (tertiary/aromatic N) is 2. The average Bonchev–Trinajstić information content (AvgIpc) is 2.58. The van der Waals surface area contributed by atoms with Gasteiger partial charge in [-0.1, -0.05) is 0 Å². The molecule has 0 amide bonds. The first kappa shape index (κ1) is 10.2. The Morgan fingerprint density at radius 3 is 2.80 bits per heavy atom. The fourth-order valence-electron chi connectivity index (χ4n) is 1.39. The highest BCUT2D eigenvalue weighted by Crippen LogP contribution is 2.26. The molecule has 5 heteroatoms. The SMILES string of the molecule is Cc1nccn1-c1cc(Br)c(F)cc1N. The number of aryl methyl sites for hydroxylation is 1. The van der Waals surface area contributed by atoms with E-state index in [0.29, 0.717) is 10.2 Å². The number of benzene rings is 1. The number of hydrogen-bond donors (Lipinski definition) is 1. The molecule has 0 aliphatic rings. The van der Waals surface area contributed by atoms with Crippen LogP contribution in [0.1, 0.15) is 5.82 Å². The van der Waals surface area contributed by atoms with Gasteiger partial charge in [0, 0.05) is 18.5 Å². The summed E-state index contributed by atoms with van der Waals surface area (Å²) >= 11 is 3.13. The Bertz CT molecular complexity index is 507. The van der Waals surface area contributed by atoms with E-state index in [1.807, 2.05) is 6.92 Å². The molecular formula is C10H9BrFN3. The first-order chi connectivity index (χ1) is 7.09. The topological polar surface area (TPSA) is 43.8 Å². The summed E-state index contributed by atoms with van der Waals surface area (Å²) in [5.74, 6) is 0.439. The zero-order valence-corrected chi connectivity index (χ0v) is 9.62. The molecule has 2 aromatic rings. The van der Waals surface area contributed by atoms with Gasteiger partial charge >= 0.3 is 0 Å². The molecule has 0 aliphatic carbocycles. The smallest absolute Gasteiger partial charge is 0.139 e. The molecule has 0 radical (unpaired) electrons. The molecule has 3 nitrogen and oxygen atoms in total. The lowest BCUT2D eigenvalue weighted by atomic mass is 10.2. The molecule has 15 heavy (non-hydrogen) atoms. The zero-order valence-electron chi connectivity index (χ0n) is 8.04. The Morgan fingerprint density at radius 1 is 1.47 bits per heavy atom. The van der Waals surface area contributed by atoms with Crippen molar-refractivity contribution in [2.45, 2.75) is 6.92 Å². The highest BCUT2D eigenvalue weighted by atomic mass is 79.9. The summed E-state index contributed by atoms with van der Waals surface area (Å²) in [5.41, 5.74) is 6.85. The lowest BCUT2D eigenvalue weighted by Gasteiger charge is -2.09. The van der Waals surface area contributed by atoms with E-state index in [4.69, 9.17) is 5.73 Å². The summed E-state index contributed by atoms with van der Waals surface area (Å²) in [7, 11) is 0. The van der Waals surface area contributed by atoms with Gasteiger partial charge in [-0.25, -0.2) is 9.37 Å². The lowest BCUT2D eigenvalue weighted by Crippen LogP contribution is -2.01. The summed E-state index contributed by atoms with van der Waals surface area (Å²) in [5, 5.41) is 0. The van der Waals surface area contributed by atoms with Crippen LogP contribution in [0, 0.1) is 12.7 Å². The van der Waals surface area contributed by atoms with Gasteiger partial charge in [0.25, 0.3) is 0 Å². The van der Waals surface area contributed by atoms with Crippen LogP contribution in [-0.2, 0) is 0 Å². The molecule has 0 atom stereocenters. The monoisotopic (exact) mass is 269 g/mol. The van der Waals surface area contributed by atoms with E-state index in [1.165, 1.54) is 6.07 Å². The van der Waals surface area contributed by atoms with Gasteiger partial charge in [-0.2, -0.15) is 0 Å². The van der Waals surface area contributed by atoms with E-state index >= 15 is 0 Å². The third-order valence-corrected chi connectivity index (χ3v) is 2.76. The van der Waals surface area contributed by atoms with Gasteiger partial charge in [0.05, 0.1) is 15.8 Å².